The molecular weight excluding hydrogens is 250 g/mol. The Labute approximate surface area is 107 Å². The number of carboxylic acids is 1. The largest absolute Gasteiger partial charge is 0.480 e. The molecule has 0 aromatic carbocycles. The van der Waals surface area contributed by atoms with E-state index in [1.807, 2.05) is 0 Å². The van der Waals surface area contributed by atoms with Gasteiger partial charge >= 0.3 is 5.97 Å². The monoisotopic (exact) mass is 261 g/mol. The van der Waals surface area contributed by atoms with E-state index < -0.39 is 17.9 Å². The lowest BCUT2D eigenvalue weighted by Crippen LogP contribution is -2.42. The van der Waals surface area contributed by atoms with Crippen LogP contribution in [0.2, 0.25) is 0 Å². The van der Waals surface area contributed by atoms with Crippen molar-refractivity contribution in [2.24, 2.45) is 0 Å². The van der Waals surface area contributed by atoms with Crippen molar-refractivity contribution in [1.82, 2.24) is 25.5 Å². The first kappa shape index (κ1) is 12.7. The van der Waals surface area contributed by atoms with Gasteiger partial charge in [0.15, 0.2) is 0 Å². The van der Waals surface area contributed by atoms with Crippen molar-refractivity contribution >= 4 is 11.9 Å². The standard InChI is InChI=1S/C11H11N5O3/c17-10(7-1-2-14-15-4-7)16-9(11(18)19)3-8-5-12-6-13-8/h1-2,4-6,9H,3H2,(H,12,13)(H,16,17)(H,18,19)/t9-/m1/s1. The molecule has 1 amide bonds. The molecule has 2 aromatic heterocycles. The Kier molecular flexibility index (Phi) is 3.81. The average molecular weight is 261 g/mol. The molecule has 0 saturated carbocycles. The number of aromatic amines is 1. The van der Waals surface area contributed by atoms with Gasteiger partial charge in [0.25, 0.3) is 5.91 Å². The molecule has 0 bridgehead atoms. The summed E-state index contributed by atoms with van der Waals surface area (Å²) >= 11 is 0. The highest BCUT2D eigenvalue weighted by Gasteiger charge is 2.21. The molecule has 0 radical (unpaired) electrons. The second-order valence-corrected chi connectivity index (χ2v) is 3.78. The van der Waals surface area contributed by atoms with Gasteiger partial charge in [-0.1, -0.05) is 0 Å². The molecule has 8 nitrogen and oxygen atoms in total. The van der Waals surface area contributed by atoms with Crippen LogP contribution in [0.25, 0.3) is 0 Å². The quantitative estimate of drug-likeness (QED) is 0.675. The minimum absolute atomic E-state index is 0.125. The molecule has 3 N–H and O–H groups in total. The van der Waals surface area contributed by atoms with Crippen molar-refractivity contribution in [3.63, 3.8) is 0 Å². The van der Waals surface area contributed by atoms with E-state index in [9.17, 15) is 9.59 Å². The Morgan fingerprint density at radius 2 is 2.21 bits per heavy atom. The van der Waals surface area contributed by atoms with Gasteiger partial charge < -0.3 is 15.4 Å². The second kappa shape index (κ2) is 5.71. The van der Waals surface area contributed by atoms with E-state index in [1.54, 1.807) is 0 Å². The lowest BCUT2D eigenvalue weighted by atomic mass is 10.1. The number of carbonyl (C=O) groups excluding carboxylic acids is 1. The highest BCUT2D eigenvalue weighted by Crippen LogP contribution is 2.01. The number of aliphatic carboxylic acids is 1. The summed E-state index contributed by atoms with van der Waals surface area (Å²) in [4.78, 5) is 29.5. The summed E-state index contributed by atoms with van der Waals surface area (Å²) < 4.78 is 0. The Hall–Kier alpha value is -2.77. The van der Waals surface area contributed by atoms with Gasteiger partial charge in [0.1, 0.15) is 6.04 Å². The highest BCUT2D eigenvalue weighted by atomic mass is 16.4. The number of hydrogen-bond donors (Lipinski definition) is 3. The van der Waals surface area contributed by atoms with Gasteiger partial charge in [0.05, 0.1) is 24.3 Å². The third-order valence-corrected chi connectivity index (χ3v) is 2.43. The van der Waals surface area contributed by atoms with Gasteiger partial charge in [-0.05, 0) is 6.07 Å². The number of hydrogen-bond acceptors (Lipinski definition) is 5. The van der Waals surface area contributed by atoms with Crippen molar-refractivity contribution in [1.29, 1.82) is 0 Å². The predicted octanol–water partition coefficient (Wildman–Crippen LogP) is -0.375. The van der Waals surface area contributed by atoms with E-state index in [0.29, 0.717) is 5.69 Å². The summed E-state index contributed by atoms with van der Waals surface area (Å²) in [5.74, 6) is -1.63. The summed E-state index contributed by atoms with van der Waals surface area (Å²) in [6, 6.07) is 0.415. The number of H-pyrrole nitrogens is 1. The van der Waals surface area contributed by atoms with Gasteiger partial charge in [0, 0.05) is 18.3 Å². The molecule has 19 heavy (non-hydrogen) atoms. The van der Waals surface area contributed by atoms with Gasteiger partial charge in [-0.2, -0.15) is 10.2 Å². The number of imidazole rings is 1. The maximum atomic E-state index is 11.8. The molecule has 0 aliphatic carbocycles. The fraction of sp³-hybridized carbons (Fsp3) is 0.182. The minimum atomic E-state index is -1.12. The topological polar surface area (TPSA) is 121 Å². The summed E-state index contributed by atoms with van der Waals surface area (Å²) in [6.45, 7) is 0. The Balaban J connectivity index is 2.05. The number of rotatable bonds is 5. The van der Waals surface area contributed by atoms with Crippen LogP contribution in [-0.4, -0.2) is 43.2 Å². The van der Waals surface area contributed by atoms with Crippen molar-refractivity contribution in [2.45, 2.75) is 12.5 Å². The lowest BCUT2D eigenvalue weighted by molar-refractivity contribution is -0.139. The minimum Gasteiger partial charge on any atom is -0.480 e. The highest BCUT2D eigenvalue weighted by molar-refractivity contribution is 5.96. The Morgan fingerprint density at radius 3 is 2.79 bits per heavy atom. The van der Waals surface area contributed by atoms with Crippen LogP contribution >= 0.6 is 0 Å². The number of nitrogens with one attached hydrogen (secondary N) is 2. The Morgan fingerprint density at radius 1 is 1.37 bits per heavy atom. The summed E-state index contributed by atoms with van der Waals surface area (Å²) in [5.41, 5.74) is 0.881. The van der Waals surface area contributed by atoms with Crippen molar-refractivity contribution in [2.75, 3.05) is 0 Å². The first-order chi connectivity index (χ1) is 9.16. The zero-order valence-corrected chi connectivity index (χ0v) is 9.78. The van der Waals surface area contributed by atoms with E-state index in [4.69, 9.17) is 5.11 Å². The van der Waals surface area contributed by atoms with Crippen LogP contribution in [0.15, 0.2) is 31.0 Å². The lowest BCUT2D eigenvalue weighted by Gasteiger charge is -2.13. The van der Waals surface area contributed by atoms with E-state index in [0.717, 1.165) is 0 Å². The SMILES string of the molecule is O=C(N[C@H](Cc1cnc[nH]1)C(=O)O)c1ccnnc1. The fourth-order valence-electron chi connectivity index (χ4n) is 1.48. The number of carbonyl (C=O) groups is 2. The predicted molar refractivity (Wildman–Crippen MR) is 63.2 cm³/mol. The number of carboxylic acid groups (broad SMARTS) is 1. The van der Waals surface area contributed by atoms with E-state index in [-0.39, 0.29) is 12.0 Å². The Bertz CT molecular complexity index is 555. The molecule has 2 aromatic rings. The van der Waals surface area contributed by atoms with Gasteiger partial charge in [-0.25, -0.2) is 9.78 Å². The molecule has 0 fully saturated rings. The summed E-state index contributed by atoms with van der Waals surface area (Å²) in [7, 11) is 0. The van der Waals surface area contributed by atoms with Crippen molar-refractivity contribution < 1.29 is 14.7 Å². The molecular formula is C11H11N5O3. The van der Waals surface area contributed by atoms with Crippen LogP contribution in [0.4, 0.5) is 0 Å². The molecule has 1 atom stereocenters. The molecule has 8 heteroatoms. The number of nitrogens with zero attached hydrogens (tertiary/aromatic N) is 3. The first-order valence-corrected chi connectivity index (χ1v) is 5.44. The van der Waals surface area contributed by atoms with E-state index in [2.05, 4.69) is 25.5 Å². The maximum absolute atomic E-state index is 11.8. The van der Waals surface area contributed by atoms with Crippen LogP contribution in [-0.2, 0) is 11.2 Å². The summed E-state index contributed by atoms with van der Waals surface area (Å²) in [6.07, 6.45) is 5.71. The van der Waals surface area contributed by atoms with Crippen LogP contribution in [0.1, 0.15) is 16.1 Å². The van der Waals surface area contributed by atoms with Gasteiger partial charge in [-0.3, -0.25) is 4.79 Å². The van der Waals surface area contributed by atoms with Crippen molar-refractivity contribution in [3.05, 3.63) is 42.2 Å². The molecule has 2 heterocycles. The molecule has 98 valence electrons. The molecule has 2 rings (SSSR count). The molecule has 0 aliphatic heterocycles. The normalized spacial score (nSPS) is 11.8. The molecule has 0 aliphatic rings. The van der Waals surface area contributed by atoms with Crippen LogP contribution in [0.3, 0.4) is 0 Å². The average Bonchev–Trinajstić information content (AvgIpc) is 2.91. The third-order valence-electron chi connectivity index (χ3n) is 2.43. The second-order valence-electron chi connectivity index (χ2n) is 3.78. The molecule has 0 unspecified atom stereocenters. The van der Waals surface area contributed by atoms with Crippen LogP contribution in [0.5, 0.6) is 0 Å². The van der Waals surface area contributed by atoms with Crippen molar-refractivity contribution in [3.8, 4) is 0 Å². The van der Waals surface area contributed by atoms with Gasteiger partial charge in [-0.15, -0.1) is 0 Å². The smallest absolute Gasteiger partial charge is 0.326 e. The zero-order chi connectivity index (χ0) is 13.7. The third kappa shape index (κ3) is 3.35. The number of amides is 1. The van der Waals surface area contributed by atoms with Crippen LogP contribution < -0.4 is 5.32 Å². The van der Waals surface area contributed by atoms with E-state index >= 15 is 0 Å². The van der Waals surface area contributed by atoms with E-state index in [1.165, 1.54) is 31.0 Å². The fourth-order valence-corrected chi connectivity index (χ4v) is 1.48. The number of aromatic nitrogens is 4. The maximum Gasteiger partial charge on any atom is 0.326 e. The molecule has 0 saturated heterocycles. The zero-order valence-electron chi connectivity index (χ0n) is 9.78. The van der Waals surface area contributed by atoms with Crippen LogP contribution in [0, 0.1) is 0 Å². The summed E-state index contributed by atoms with van der Waals surface area (Å²) in [5, 5.41) is 18.6. The van der Waals surface area contributed by atoms with Gasteiger partial charge in [0.2, 0.25) is 0 Å². The molecule has 0 spiro atoms. The first-order valence-electron chi connectivity index (χ1n) is 5.44.